The number of carbonyl (C=O) groups excluding carboxylic acids is 1. The molecule has 10 nitrogen and oxygen atoms in total. The van der Waals surface area contributed by atoms with E-state index in [0.717, 1.165) is 16.7 Å². The number of carboxylic acid groups (broad SMARTS) is 1. The van der Waals surface area contributed by atoms with Crippen LogP contribution in [0.5, 0.6) is 11.5 Å². The standard InChI is InChI=1S/C34H30ClFN4O6/c35-27-11-22(16-39-17-33(42)40-29(18-41)34(43)44)31(45-19-21-10-20(13-37)14-38-15-21)12-32(27)46-30-9-8-24-23(5-3-6-26(24)30)25-4-1-2-7-28(25)36/h1-7,10-12,14-15,29-30,39,41H,8-9,16-19H2,(H,40,42)(H,43,44)/t29-,30-/m0/s1. The van der Waals surface area contributed by atoms with Crippen molar-refractivity contribution in [2.75, 3.05) is 13.2 Å². The molecule has 1 aliphatic carbocycles. The fourth-order valence-electron chi connectivity index (χ4n) is 5.29. The lowest BCUT2D eigenvalue weighted by Crippen LogP contribution is -2.46. The Morgan fingerprint density at radius 1 is 1.11 bits per heavy atom. The van der Waals surface area contributed by atoms with Gasteiger partial charge in [-0.2, -0.15) is 5.26 Å². The molecule has 5 rings (SSSR count). The number of fused-ring (bicyclic) bond motifs is 1. The number of rotatable bonds is 13. The third-order valence-electron chi connectivity index (χ3n) is 7.50. The first-order valence-electron chi connectivity index (χ1n) is 14.4. The summed E-state index contributed by atoms with van der Waals surface area (Å²) in [5, 5.41) is 32.9. The molecule has 3 aromatic carbocycles. The van der Waals surface area contributed by atoms with Gasteiger partial charge in [-0.05, 0) is 47.7 Å². The van der Waals surface area contributed by atoms with E-state index in [0.29, 0.717) is 51.6 Å². The van der Waals surface area contributed by atoms with Crippen LogP contribution in [0.25, 0.3) is 11.1 Å². The molecule has 0 fully saturated rings. The Morgan fingerprint density at radius 3 is 2.67 bits per heavy atom. The summed E-state index contributed by atoms with van der Waals surface area (Å²) >= 11 is 6.70. The van der Waals surface area contributed by atoms with Crippen molar-refractivity contribution in [1.82, 2.24) is 15.6 Å². The molecule has 0 saturated heterocycles. The second-order valence-electron chi connectivity index (χ2n) is 10.6. The van der Waals surface area contributed by atoms with E-state index in [2.05, 4.69) is 15.6 Å². The summed E-state index contributed by atoms with van der Waals surface area (Å²) < 4.78 is 27.2. The number of nitriles is 1. The van der Waals surface area contributed by atoms with E-state index < -0.39 is 24.5 Å². The van der Waals surface area contributed by atoms with Crippen LogP contribution in [0.15, 0.2) is 73.1 Å². The minimum Gasteiger partial charge on any atom is -0.488 e. The molecule has 0 bridgehead atoms. The molecular formula is C34H30ClFN4O6. The van der Waals surface area contributed by atoms with Gasteiger partial charge in [0, 0.05) is 41.7 Å². The second-order valence-corrected chi connectivity index (χ2v) is 11.0. The van der Waals surface area contributed by atoms with Crippen molar-refractivity contribution in [3.63, 3.8) is 0 Å². The highest BCUT2D eigenvalue weighted by molar-refractivity contribution is 6.32. The first kappa shape index (κ1) is 32.4. The summed E-state index contributed by atoms with van der Waals surface area (Å²) in [7, 11) is 0. The Labute approximate surface area is 269 Å². The summed E-state index contributed by atoms with van der Waals surface area (Å²) in [6.45, 7) is -0.787. The van der Waals surface area contributed by atoms with Gasteiger partial charge in [-0.3, -0.25) is 9.78 Å². The van der Waals surface area contributed by atoms with Gasteiger partial charge in [0.1, 0.15) is 42.1 Å². The normalized spacial score (nSPS) is 14.2. The highest BCUT2D eigenvalue weighted by atomic mass is 35.5. The Bertz CT molecular complexity index is 1800. The highest BCUT2D eigenvalue weighted by Crippen LogP contribution is 2.43. The SMILES string of the molecule is N#Cc1cncc(COc2cc(O[C@H]3CCc4c(-c5ccccc5F)cccc43)c(Cl)cc2CNCC(=O)N[C@@H](CO)C(=O)O)c1. The molecule has 0 saturated carbocycles. The number of carbonyl (C=O) groups is 2. The minimum atomic E-state index is -1.42. The van der Waals surface area contributed by atoms with Gasteiger partial charge in [0.2, 0.25) is 5.91 Å². The van der Waals surface area contributed by atoms with Crippen molar-refractivity contribution < 1.29 is 33.7 Å². The molecule has 46 heavy (non-hydrogen) atoms. The zero-order chi connectivity index (χ0) is 32.6. The molecule has 0 unspecified atom stereocenters. The molecule has 0 spiro atoms. The van der Waals surface area contributed by atoms with Crippen molar-refractivity contribution in [3.05, 3.63) is 112 Å². The molecule has 4 N–H and O–H groups in total. The molecule has 1 aromatic heterocycles. The molecule has 1 heterocycles. The largest absolute Gasteiger partial charge is 0.488 e. The van der Waals surface area contributed by atoms with Gasteiger partial charge in [-0.25, -0.2) is 9.18 Å². The molecule has 12 heteroatoms. The van der Waals surface area contributed by atoms with E-state index in [4.69, 9.17) is 31.3 Å². The molecule has 2 atom stereocenters. The van der Waals surface area contributed by atoms with Crippen LogP contribution in [0.1, 0.15) is 40.3 Å². The summed E-state index contributed by atoms with van der Waals surface area (Å²) in [5.41, 5.74) is 4.93. The number of benzene rings is 3. The van der Waals surface area contributed by atoms with Crippen LogP contribution in [0.2, 0.25) is 5.02 Å². The average Bonchev–Trinajstić information content (AvgIpc) is 3.47. The summed E-state index contributed by atoms with van der Waals surface area (Å²) in [4.78, 5) is 27.4. The molecule has 1 aliphatic rings. The number of nitrogens with one attached hydrogen (secondary N) is 2. The molecule has 0 aliphatic heterocycles. The van der Waals surface area contributed by atoms with Gasteiger partial charge in [-0.1, -0.05) is 48.0 Å². The van der Waals surface area contributed by atoms with Gasteiger partial charge < -0.3 is 30.3 Å². The van der Waals surface area contributed by atoms with Crippen LogP contribution in [-0.4, -0.2) is 46.3 Å². The average molecular weight is 645 g/mol. The lowest BCUT2D eigenvalue weighted by Gasteiger charge is -2.20. The molecule has 0 radical (unpaired) electrons. The van der Waals surface area contributed by atoms with E-state index in [9.17, 15) is 19.2 Å². The number of aliphatic hydroxyl groups is 1. The van der Waals surface area contributed by atoms with Crippen LogP contribution < -0.4 is 20.1 Å². The number of hydrogen-bond donors (Lipinski definition) is 4. The molecular weight excluding hydrogens is 615 g/mol. The first-order chi connectivity index (χ1) is 22.3. The predicted octanol–water partition coefficient (Wildman–Crippen LogP) is 4.71. The van der Waals surface area contributed by atoms with Crippen LogP contribution in [0.3, 0.4) is 0 Å². The zero-order valence-corrected chi connectivity index (χ0v) is 25.3. The third kappa shape index (κ3) is 7.61. The maximum atomic E-state index is 14.7. The predicted molar refractivity (Wildman–Crippen MR) is 167 cm³/mol. The maximum absolute atomic E-state index is 14.7. The van der Waals surface area contributed by atoms with E-state index in [1.807, 2.05) is 24.3 Å². The number of nitrogens with zero attached hydrogens (tertiary/aromatic N) is 2. The monoisotopic (exact) mass is 644 g/mol. The number of aliphatic hydroxyl groups excluding tert-OH is 1. The van der Waals surface area contributed by atoms with Gasteiger partial charge in [0.25, 0.3) is 0 Å². The van der Waals surface area contributed by atoms with Crippen molar-refractivity contribution in [3.8, 4) is 28.7 Å². The fraction of sp³-hybridized carbons (Fsp3) is 0.235. The summed E-state index contributed by atoms with van der Waals surface area (Å²) in [5.74, 6) is -1.51. The number of aromatic nitrogens is 1. The van der Waals surface area contributed by atoms with Gasteiger partial charge in [0.05, 0.1) is 23.7 Å². The van der Waals surface area contributed by atoms with E-state index in [-0.39, 0.29) is 31.6 Å². The Morgan fingerprint density at radius 2 is 1.91 bits per heavy atom. The van der Waals surface area contributed by atoms with E-state index in [1.54, 1.807) is 42.6 Å². The molecule has 1 amide bonds. The van der Waals surface area contributed by atoms with Crippen molar-refractivity contribution in [1.29, 1.82) is 5.26 Å². The summed E-state index contributed by atoms with van der Waals surface area (Å²) in [6.07, 6.45) is 4.03. The number of ether oxygens (including phenoxy) is 2. The van der Waals surface area contributed by atoms with Crippen LogP contribution in [0.4, 0.5) is 4.39 Å². The van der Waals surface area contributed by atoms with Crippen LogP contribution in [0, 0.1) is 17.1 Å². The van der Waals surface area contributed by atoms with Crippen LogP contribution >= 0.6 is 11.6 Å². The first-order valence-corrected chi connectivity index (χ1v) is 14.8. The lowest BCUT2D eigenvalue weighted by molar-refractivity contribution is -0.142. The Kier molecular flexibility index (Phi) is 10.4. The van der Waals surface area contributed by atoms with Crippen LogP contribution in [-0.2, 0) is 29.2 Å². The second kappa shape index (κ2) is 14.8. The van der Waals surface area contributed by atoms with Crippen molar-refractivity contribution in [2.24, 2.45) is 0 Å². The lowest BCUT2D eigenvalue weighted by atomic mass is 9.96. The number of pyridine rings is 1. The van der Waals surface area contributed by atoms with Gasteiger partial charge in [-0.15, -0.1) is 0 Å². The topological polar surface area (TPSA) is 154 Å². The smallest absolute Gasteiger partial charge is 0.328 e. The maximum Gasteiger partial charge on any atom is 0.328 e. The van der Waals surface area contributed by atoms with Gasteiger partial charge >= 0.3 is 5.97 Å². The third-order valence-corrected chi connectivity index (χ3v) is 7.79. The highest BCUT2D eigenvalue weighted by Gasteiger charge is 2.28. The number of amides is 1. The minimum absolute atomic E-state index is 0.0755. The zero-order valence-electron chi connectivity index (χ0n) is 24.5. The number of hydrogen-bond acceptors (Lipinski definition) is 8. The molecule has 4 aromatic rings. The number of aliphatic carboxylic acids is 1. The quantitative estimate of drug-likeness (QED) is 0.162. The summed E-state index contributed by atoms with van der Waals surface area (Å²) in [6, 6.07) is 18.0. The Hall–Kier alpha value is -5.02. The van der Waals surface area contributed by atoms with E-state index >= 15 is 0 Å². The molecule has 236 valence electrons. The fourth-order valence-corrected chi connectivity index (χ4v) is 5.52. The number of halogens is 2. The number of carboxylic acids is 1. The van der Waals surface area contributed by atoms with Crippen molar-refractivity contribution >= 4 is 23.5 Å². The Balaban J connectivity index is 1.37. The van der Waals surface area contributed by atoms with E-state index in [1.165, 1.54) is 12.3 Å². The van der Waals surface area contributed by atoms with Crippen molar-refractivity contribution in [2.45, 2.75) is 38.1 Å². The van der Waals surface area contributed by atoms with Gasteiger partial charge in [0.15, 0.2) is 0 Å².